The summed E-state index contributed by atoms with van der Waals surface area (Å²) in [4.78, 5) is 13.5. The van der Waals surface area contributed by atoms with Crippen molar-refractivity contribution in [1.29, 1.82) is 0 Å². The largest absolute Gasteiger partial charge is 0.444 e. The highest BCUT2D eigenvalue weighted by Gasteiger charge is 2.34. The molecule has 0 aromatic carbocycles. The van der Waals surface area contributed by atoms with E-state index in [9.17, 15) is 4.79 Å². The van der Waals surface area contributed by atoms with E-state index >= 15 is 0 Å². The molecule has 0 spiro atoms. The predicted molar refractivity (Wildman–Crippen MR) is 62.0 cm³/mol. The smallest absolute Gasteiger partial charge is 0.410 e. The lowest BCUT2D eigenvalue weighted by Gasteiger charge is -2.24. The van der Waals surface area contributed by atoms with Crippen molar-refractivity contribution >= 4 is 6.09 Å². The van der Waals surface area contributed by atoms with Gasteiger partial charge < -0.3 is 15.4 Å². The number of ether oxygens (including phenoxy) is 1. The van der Waals surface area contributed by atoms with Gasteiger partial charge in [-0.25, -0.2) is 4.79 Å². The Morgan fingerprint density at radius 1 is 1.44 bits per heavy atom. The van der Waals surface area contributed by atoms with Crippen molar-refractivity contribution < 1.29 is 9.53 Å². The zero-order valence-corrected chi connectivity index (χ0v) is 10.2. The van der Waals surface area contributed by atoms with Crippen LogP contribution in [0.5, 0.6) is 0 Å². The van der Waals surface area contributed by atoms with E-state index in [-0.39, 0.29) is 12.1 Å². The van der Waals surface area contributed by atoms with E-state index in [1.54, 1.807) is 4.90 Å². The first-order valence-electron chi connectivity index (χ1n) is 5.81. The Kier molecular flexibility index (Phi) is 2.70. The van der Waals surface area contributed by atoms with Gasteiger partial charge >= 0.3 is 6.09 Å². The summed E-state index contributed by atoms with van der Waals surface area (Å²) in [7, 11) is 0. The van der Waals surface area contributed by atoms with E-state index in [0.29, 0.717) is 13.1 Å². The van der Waals surface area contributed by atoms with Gasteiger partial charge in [-0.3, -0.25) is 0 Å². The van der Waals surface area contributed by atoms with Crippen LogP contribution in [0.4, 0.5) is 4.79 Å². The van der Waals surface area contributed by atoms with Gasteiger partial charge in [0.15, 0.2) is 0 Å². The Morgan fingerprint density at radius 2 is 2.06 bits per heavy atom. The molecule has 90 valence electrons. The van der Waals surface area contributed by atoms with E-state index in [4.69, 9.17) is 10.5 Å². The molecule has 16 heavy (non-hydrogen) atoms. The van der Waals surface area contributed by atoms with Crippen LogP contribution in [0.2, 0.25) is 0 Å². The van der Waals surface area contributed by atoms with Crippen molar-refractivity contribution in [1.82, 2.24) is 4.90 Å². The molecule has 0 aromatic heterocycles. The fraction of sp³-hybridized carbons (Fsp3) is 0.750. The second-order valence-corrected chi connectivity index (χ2v) is 5.60. The van der Waals surface area contributed by atoms with Crippen molar-refractivity contribution in [3.05, 3.63) is 11.1 Å². The summed E-state index contributed by atoms with van der Waals surface area (Å²) in [5, 5.41) is 0. The molecule has 1 aliphatic heterocycles. The Labute approximate surface area is 96.4 Å². The van der Waals surface area contributed by atoms with Crippen LogP contribution in [0.3, 0.4) is 0 Å². The number of hydrogen-bond acceptors (Lipinski definition) is 3. The highest BCUT2D eigenvalue weighted by molar-refractivity contribution is 5.69. The molecule has 1 saturated carbocycles. The summed E-state index contributed by atoms with van der Waals surface area (Å²) >= 11 is 0. The number of hydrogen-bond donors (Lipinski definition) is 1. The minimum absolute atomic E-state index is 0.0185. The molecule has 2 fully saturated rings. The number of amides is 1. The highest BCUT2D eigenvalue weighted by Crippen LogP contribution is 2.35. The third-order valence-corrected chi connectivity index (χ3v) is 2.83. The standard InChI is InChI=1S/C12H20N2O2/c1-12(2,3)16-11(15)14-6-9(8-4-5-8)10(13)7-14/h10H,4-7,13H2,1-3H3/t10-/m0/s1. The van der Waals surface area contributed by atoms with Gasteiger partial charge in [-0.2, -0.15) is 0 Å². The molecule has 0 radical (unpaired) electrons. The molecule has 0 bridgehead atoms. The van der Waals surface area contributed by atoms with Gasteiger partial charge in [-0.05, 0) is 39.2 Å². The monoisotopic (exact) mass is 224 g/mol. The summed E-state index contributed by atoms with van der Waals surface area (Å²) in [5.41, 5.74) is 8.27. The Morgan fingerprint density at radius 3 is 2.56 bits per heavy atom. The maximum Gasteiger partial charge on any atom is 0.410 e. The SMILES string of the molecule is CC(C)(C)OC(=O)N1CC(=C2CC2)[C@@H](N)C1. The summed E-state index contributed by atoms with van der Waals surface area (Å²) in [5.74, 6) is 0. The van der Waals surface area contributed by atoms with E-state index in [1.165, 1.54) is 11.1 Å². The molecule has 2 rings (SSSR count). The second kappa shape index (κ2) is 3.77. The van der Waals surface area contributed by atoms with Crippen molar-refractivity contribution in [3.8, 4) is 0 Å². The summed E-state index contributed by atoms with van der Waals surface area (Å²) in [6, 6.07) is 0.0185. The quantitative estimate of drug-likeness (QED) is 0.637. The third kappa shape index (κ3) is 2.55. The van der Waals surface area contributed by atoms with Crippen molar-refractivity contribution in [3.63, 3.8) is 0 Å². The van der Waals surface area contributed by atoms with Gasteiger partial charge in [0.05, 0.1) is 0 Å². The van der Waals surface area contributed by atoms with E-state index in [0.717, 1.165) is 12.8 Å². The molecule has 1 atom stereocenters. The first-order chi connectivity index (χ1) is 7.37. The molecule has 0 aromatic rings. The number of carbonyl (C=O) groups excluding carboxylic acids is 1. The molecule has 1 heterocycles. The van der Waals surface area contributed by atoms with Crippen LogP contribution in [0.1, 0.15) is 33.6 Å². The van der Waals surface area contributed by atoms with Crippen LogP contribution < -0.4 is 5.73 Å². The molecular weight excluding hydrogens is 204 g/mol. The molecule has 1 aliphatic carbocycles. The van der Waals surface area contributed by atoms with Gasteiger partial charge in [0.1, 0.15) is 5.60 Å². The molecule has 4 heteroatoms. The average molecular weight is 224 g/mol. The molecule has 2 N–H and O–H groups in total. The van der Waals surface area contributed by atoms with Crippen LogP contribution in [0, 0.1) is 0 Å². The fourth-order valence-corrected chi connectivity index (χ4v) is 1.96. The molecule has 2 aliphatic rings. The zero-order valence-electron chi connectivity index (χ0n) is 10.2. The fourth-order valence-electron chi connectivity index (χ4n) is 1.96. The molecule has 1 amide bonds. The van der Waals surface area contributed by atoms with E-state index < -0.39 is 5.60 Å². The topological polar surface area (TPSA) is 55.6 Å². The van der Waals surface area contributed by atoms with Gasteiger partial charge in [-0.1, -0.05) is 5.57 Å². The number of nitrogens with zero attached hydrogens (tertiary/aromatic N) is 1. The van der Waals surface area contributed by atoms with Crippen molar-refractivity contribution in [2.75, 3.05) is 13.1 Å². The minimum Gasteiger partial charge on any atom is -0.444 e. The van der Waals surface area contributed by atoms with Crippen molar-refractivity contribution in [2.24, 2.45) is 5.73 Å². The Balaban J connectivity index is 1.98. The number of nitrogens with two attached hydrogens (primary N) is 1. The maximum absolute atomic E-state index is 11.8. The number of allylic oxidation sites excluding steroid dienone is 1. The Hall–Kier alpha value is -1.03. The first-order valence-corrected chi connectivity index (χ1v) is 5.81. The van der Waals surface area contributed by atoms with Gasteiger partial charge in [0.25, 0.3) is 0 Å². The van der Waals surface area contributed by atoms with Gasteiger partial charge in [0, 0.05) is 19.1 Å². The second-order valence-electron chi connectivity index (χ2n) is 5.60. The number of likely N-dealkylation sites (tertiary alicyclic amines) is 1. The molecule has 4 nitrogen and oxygen atoms in total. The van der Waals surface area contributed by atoms with Crippen LogP contribution in [-0.2, 0) is 4.74 Å². The van der Waals surface area contributed by atoms with Gasteiger partial charge in [0.2, 0.25) is 0 Å². The lowest BCUT2D eigenvalue weighted by Crippen LogP contribution is -2.36. The number of rotatable bonds is 0. The van der Waals surface area contributed by atoms with E-state index in [1.807, 2.05) is 20.8 Å². The highest BCUT2D eigenvalue weighted by atomic mass is 16.6. The average Bonchev–Trinajstić information content (AvgIpc) is 2.87. The van der Waals surface area contributed by atoms with Crippen LogP contribution in [0.15, 0.2) is 11.1 Å². The van der Waals surface area contributed by atoms with Crippen LogP contribution in [0.25, 0.3) is 0 Å². The normalized spacial score (nSPS) is 25.0. The first kappa shape index (κ1) is 11.5. The van der Waals surface area contributed by atoms with Crippen LogP contribution in [-0.4, -0.2) is 35.7 Å². The molecular formula is C12H20N2O2. The van der Waals surface area contributed by atoms with Crippen LogP contribution >= 0.6 is 0 Å². The molecule has 1 saturated heterocycles. The third-order valence-electron chi connectivity index (χ3n) is 2.83. The number of carbonyl (C=O) groups is 1. The Bertz CT molecular complexity index is 335. The predicted octanol–water partition coefficient (Wildman–Crippen LogP) is 1.65. The van der Waals surface area contributed by atoms with Gasteiger partial charge in [-0.15, -0.1) is 0 Å². The maximum atomic E-state index is 11.8. The lowest BCUT2D eigenvalue weighted by atomic mass is 10.1. The summed E-state index contributed by atoms with van der Waals surface area (Å²) in [6.07, 6.45) is 2.07. The molecule has 0 unspecified atom stereocenters. The summed E-state index contributed by atoms with van der Waals surface area (Å²) < 4.78 is 5.33. The van der Waals surface area contributed by atoms with Crippen molar-refractivity contribution in [2.45, 2.75) is 45.3 Å². The van der Waals surface area contributed by atoms with E-state index in [2.05, 4.69) is 0 Å². The zero-order chi connectivity index (χ0) is 11.9. The minimum atomic E-state index is -0.434. The summed E-state index contributed by atoms with van der Waals surface area (Å²) in [6.45, 7) is 6.88. The lowest BCUT2D eigenvalue weighted by molar-refractivity contribution is 0.0296.